The van der Waals surface area contributed by atoms with Gasteiger partial charge in [-0.05, 0) is 256 Å². The first-order valence-electron chi connectivity index (χ1n) is 45.3. The van der Waals surface area contributed by atoms with E-state index in [1.807, 2.05) is 0 Å². The van der Waals surface area contributed by atoms with Crippen molar-refractivity contribution in [1.29, 1.82) is 0 Å². The lowest BCUT2D eigenvalue weighted by Crippen LogP contribution is -2.43. The molecule has 0 nitrogen and oxygen atoms in total. The summed E-state index contributed by atoms with van der Waals surface area (Å²) in [5.41, 5.74) is 52.8. The normalized spacial score (nSPS) is 12.1. The lowest BCUT2D eigenvalue weighted by atomic mass is 9.78. The van der Waals surface area contributed by atoms with Crippen molar-refractivity contribution < 1.29 is 0 Å². The van der Waals surface area contributed by atoms with Gasteiger partial charge < -0.3 is 0 Å². The average molecular weight is 1650 g/mol. The maximum absolute atomic E-state index is 4.04. The first-order chi connectivity index (χ1) is 57.9. The van der Waals surface area contributed by atoms with Crippen molar-refractivity contribution in [3.8, 4) is 157 Å². The summed E-state index contributed by atoms with van der Waals surface area (Å²) in [6.45, 7) is 57.6. The van der Waals surface area contributed by atoms with E-state index in [0.29, 0.717) is 66.5 Å². The third-order valence-electron chi connectivity index (χ3n) is 27.7. The molecule has 12 rings (SSSR count). The highest BCUT2D eigenvalue weighted by molar-refractivity contribution is 6.92. The molecule has 4 heteroatoms. The standard InChI is InChI=1S/C117H132Si4/c1-80(2)118(81(3)4,82(5)6)73-69-92-45-61-104(62-46-92)114-108(98-37-29-25-30-38-98)78-110(112(102-41-33-27-34-42-102)116(114)106-65-49-94(50-66-106)71-75-120(86(13)14,87(15)16)88(17)18)100-57-53-96(54-58-100)77-97-55-59-101(60-56-97)111-79-109(99-39-31-26-32-40-99)115(105-63-47-93(48-64-105)70-74-119(83(7)8,84(9)10)85(11)12)117(113(111)103-43-35-28-36-44-103)107-67-51-95(52-68-107)72-76-121(89(19)20,90(21)22)91(23)24/h25-68,78-91H,77H2,1-24H3. The minimum atomic E-state index is -2.01. The molecule has 0 unspecified atom stereocenters. The van der Waals surface area contributed by atoms with Gasteiger partial charge in [0, 0.05) is 22.3 Å². The van der Waals surface area contributed by atoms with Crippen molar-refractivity contribution >= 4 is 32.3 Å². The topological polar surface area (TPSA) is 0 Å². The van der Waals surface area contributed by atoms with Gasteiger partial charge in [-0.3, -0.25) is 0 Å². The largest absolute Gasteiger partial charge is 0.146 e. The van der Waals surface area contributed by atoms with Crippen LogP contribution in [0.3, 0.4) is 0 Å². The zero-order valence-corrected chi connectivity index (χ0v) is 81.2. The van der Waals surface area contributed by atoms with E-state index in [4.69, 9.17) is 0 Å². The first-order valence-corrected chi connectivity index (χ1v) is 54.2. The molecule has 0 saturated carbocycles. The molecule has 12 aromatic carbocycles. The third-order valence-corrected chi connectivity index (χ3v) is 52.9. The van der Waals surface area contributed by atoms with Gasteiger partial charge in [0.2, 0.25) is 0 Å². The molecule has 0 atom stereocenters. The summed E-state index contributed by atoms with van der Waals surface area (Å²) in [6, 6.07) is 105. The Morgan fingerprint density at radius 2 is 0.331 bits per heavy atom. The van der Waals surface area contributed by atoms with Gasteiger partial charge in [0.05, 0.1) is 0 Å². The van der Waals surface area contributed by atoms with Gasteiger partial charge in [0.15, 0.2) is 0 Å². The fourth-order valence-electron chi connectivity index (χ4n) is 21.7. The molecule has 0 spiro atoms. The predicted molar refractivity (Wildman–Crippen MR) is 542 cm³/mol. The van der Waals surface area contributed by atoms with E-state index >= 15 is 0 Å². The lowest BCUT2D eigenvalue weighted by molar-refractivity contribution is 0.838. The minimum absolute atomic E-state index is 0.536. The van der Waals surface area contributed by atoms with Gasteiger partial charge in [-0.25, -0.2) is 0 Å². The summed E-state index contributed by atoms with van der Waals surface area (Å²) >= 11 is 0. The maximum atomic E-state index is 4.04. The number of rotatable bonds is 24. The summed E-state index contributed by atoms with van der Waals surface area (Å²) < 4.78 is 0. The van der Waals surface area contributed by atoms with Crippen LogP contribution < -0.4 is 0 Å². The Bertz CT molecular complexity index is 5320. The van der Waals surface area contributed by atoms with Crippen molar-refractivity contribution in [2.24, 2.45) is 0 Å². The smallest absolute Gasteiger partial charge is 0.125 e. The molecule has 0 aromatic heterocycles. The van der Waals surface area contributed by atoms with Crippen LogP contribution in [0.5, 0.6) is 0 Å². The van der Waals surface area contributed by atoms with Crippen LogP contribution in [-0.2, 0) is 6.42 Å². The Morgan fingerprint density at radius 1 is 0.174 bits per heavy atom. The second-order valence-corrected chi connectivity index (χ2v) is 60.4. The number of hydrogen-bond acceptors (Lipinski definition) is 0. The summed E-state index contributed by atoms with van der Waals surface area (Å²) in [5.74, 6) is 15.2. The fourth-order valence-corrected chi connectivity index (χ4v) is 42.6. The zero-order chi connectivity index (χ0) is 86.8. The SMILES string of the molecule is CC(C)[Si](C#Cc1ccc(-c2c(-c3ccccc3)cc(-c3ccc(Cc4ccc(-c5cc(-c6ccccc6)c(-c6ccc(C#C[Si](C(C)C)(C(C)C)C(C)C)cc6)c(-c6ccc(C#C[Si](C(C)C)(C(C)C)C(C)C)cc6)c5-c5ccccc5)cc4)cc3)c(-c3ccccc3)c2-c2ccc(C#C[Si](C(C)C)(C(C)C)C(C)C)cc2)cc1)(C(C)C)C(C)C. The maximum Gasteiger partial charge on any atom is 0.146 e. The molecular weight excluding hydrogens is 1520 g/mol. The Labute approximate surface area is 735 Å². The van der Waals surface area contributed by atoms with E-state index in [-0.39, 0.29) is 0 Å². The van der Waals surface area contributed by atoms with E-state index in [9.17, 15) is 0 Å². The van der Waals surface area contributed by atoms with Gasteiger partial charge in [-0.2, -0.15) is 0 Å². The molecule has 12 aromatic rings. The van der Waals surface area contributed by atoms with Crippen LogP contribution in [0.1, 0.15) is 200 Å². The van der Waals surface area contributed by atoms with E-state index < -0.39 is 32.3 Å². The second-order valence-electron chi connectivity index (χ2n) is 38.1. The molecule has 0 N–H and O–H groups in total. The molecule has 0 aliphatic heterocycles. The van der Waals surface area contributed by atoms with Crippen LogP contribution in [0.25, 0.3) is 111 Å². The van der Waals surface area contributed by atoms with Gasteiger partial charge in [-0.15, -0.1) is 22.2 Å². The third kappa shape index (κ3) is 18.6. The summed E-state index contributed by atoms with van der Waals surface area (Å²) in [4.78, 5) is 0. The van der Waals surface area contributed by atoms with Crippen LogP contribution in [-0.4, -0.2) is 32.3 Å². The summed E-state index contributed by atoms with van der Waals surface area (Å²) in [6.07, 6.45) is 0.761. The first kappa shape index (κ1) is 90.0. The fraction of sp³-hybridized carbons (Fsp3) is 0.316. The Morgan fingerprint density at radius 3 is 0.521 bits per heavy atom. The minimum Gasteiger partial charge on any atom is -0.125 e. The van der Waals surface area contributed by atoms with Gasteiger partial charge in [-0.1, -0.05) is 408 Å². The highest BCUT2D eigenvalue weighted by Gasteiger charge is 2.45. The molecule has 0 radical (unpaired) electrons. The van der Waals surface area contributed by atoms with Crippen molar-refractivity contribution in [1.82, 2.24) is 0 Å². The van der Waals surface area contributed by atoms with Crippen LogP contribution in [0.15, 0.2) is 279 Å². The van der Waals surface area contributed by atoms with Gasteiger partial charge >= 0.3 is 0 Å². The van der Waals surface area contributed by atoms with Crippen LogP contribution in [0.4, 0.5) is 0 Å². The number of hydrogen-bond donors (Lipinski definition) is 0. The summed E-state index contributed by atoms with van der Waals surface area (Å²) in [7, 11) is -8.00. The molecule has 0 fully saturated rings. The van der Waals surface area contributed by atoms with E-state index in [0.717, 1.165) is 84.3 Å². The van der Waals surface area contributed by atoms with Crippen molar-refractivity contribution in [3.05, 3.63) is 312 Å². The molecule has 0 heterocycles. The van der Waals surface area contributed by atoms with Crippen molar-refractivity contribution in [2.75, 3.05) is 0 Å². The Hall–Kier alpha value is -10.3. The molecule has 0 saturated heterocycles. The van der Waals surface area contributed by atoms with Gasteiger partial charge in [0.1, 0.15) is 32.3 Å². The molecular formula is C117H132Si4. The van der Waals surface area contributed by atoms with Crippen LogP contribution >= 0.6 is 0 Å². The van der Waals surface area contributed by atoms with Crippen molar-refractivity contribution in [2.45, 2.75) is 239 Å². The second kappa shape index (κ2) is 38.9. The van der Waals surface area contributed by atoms with Gasteiger partial charge in [0.25, 0.3) is 0 Å². The highest BCUT2D eigenvalue weighted by Crippen LogP contribution is 2.54. The van der Waals surface area contributed by atoms with Crippen LogP contribution in [0, 0.1) is 45.9 Å². The Balaban J connectivity index is 1.01. The quantitative estimate of drug-likeness (QED) is 0.0418. The average Bonchev–Trinajstić information content (AvgIpc) is 0.738. The molecule has 0 aliphatic rings. The molecule has 0 aliphatic carbocycles. The van der Waals surface area contributed by atoms with E-state index in [1.165, 1.54) is 66.8 Å². The highest BCUT2D eigenvalue weighted by atomic mass is 28.3. The lowest BCUT2D eigenvalue weighted by Gasteiger charge is -2.38. The Kier molecular flexibility index (Phi) is 28.9. The molecule has 0 amide bonds. The molecule has 616 valence electrons. The van der Waals surface area contributed by atoms with Crippen LogP contribution in [0.2, 0.25) is 66.5 Å². The monoisotopic (exact) mass is 1650 g/mol. The number of benzene rings is 12. The van der Waals surface area contributed by atoms with E-state index in [1.54, 1.807) is 0 Å². The van der Waals surface area contributed by atoms with Crippen molar-refractivity contribution in [3.63, 3.8) is 0 Å². The van der Waals surface area contributed by atoms with E-state index in [2.05, 4.69) is 491 Å². The molecule has 121 heavy (non-hydrogen) atoms. The predicted octanol–water partition coefficient (Wildman–Crippen LogP) is 34.2. The molecule has 0 bridgehead atoms. The summed E-state index contributed by atoms with van der Waals surface area (Å²) in [5, 5.41) is 0. The zero-order valence-electron chi connectivity index (χ0n) is 77.2.